The Bertz CT molecular complexity index is 2170. The minimum atomic E-state index is -0.299. The summed E-state index contributed by atoms with van der Waals surface area (Å²) in [6.07, 6.45) is 1.46. The summed E-state index contributed by atoms with van der Waals surface area (Å²) in [7, 11) is 1.83. The lowest BCUT2D eigenvalue weighted by atomic mass is 9.94. The van der Waals surface area contributed by atoms with Crippen molar-refractivity contribution in [3.05, 3.63) is 138 Å². The molecule has 7 rings (SSSR count). The van der Waals surface area contributed by atoms with Crippen molar-refractivity contribution in [1.82, 2.24) is 0 Å². The highest BCUT2D eigenvalue weighted by molar-refractivity contribution is 6.14. The summed E-state index contributed by atoms with van der Waals surface area (Å²) in [4.78, 5) is 0. The molecule has 0 unspecified atom stereocenters. The highest BCUT2D eigenvalue weighted by atomic mass is 19.1. The number of aromatic nitrogens is 1. The SMILES string of the molecule is Cc1ccc2c(oc3c(-c4ccc(-c5cccc(-c6ccccc6)c5)cc4)c(C#N)ccc32)c1-c1ccc(F)c[n+]1C. The van der Waals surface area contributed by atoms with E-state index < -0.39 is 0 Å². The molecule has 0 aliphatic carbocycles. The molecule has 7 aromatic rings. The molecule has 0 N–H and O–H groups in total. The van der Waals surface area contributed by atoms with Crippen molar-refractivity contribution in [2.75, 3.05) is 0 Å². The van der Waals surface area contributed by atoms with E-state index in [2.05, 4.69) is 78.9 Å². The maximum Gasteiger partial charge on any atom is 0.216 e. The zero-order valence-electron chi connectivity index (χ0n) is 23.2. The predicted molar refractivity (Wildman–Crippen MR) is 166 cm³/mol. The third-order valence-corrected chi connectivity index (χ3v) is 7.97. The number of nitrogens with zero attached hydrogens (tertiary/aromatic N) is 2. The summed E-state index contributed by atoms with van der Waals surface area (Å²) in [6.45, 7) is 2.03. The van der Waals surface area contributed by atoms with Crippen molar-refractivity contribution < 1.29 is 13.4 Å². The maximum atomic E-state index is 13.9. The minimum Gasteiger partial charge on any atom is -0.454 e. The number of fused-ring (bicyclic) bond motifs is 3. The molecule has 0 amide bonds. The van der Waals surface area contributed by atoms with E-state index >= 15 is 0 Å². The van der Waals surface area contributed by atoms with Crippen molar-refractivity contribution in [2.24, 2.45) is 7.05 Å². The number of halogens is 1. The van der Waals surface area contributed by atoms with Gasteiger partial charge >= 0.3 is 0 Å². The van der Waals surface area contributed by atoms with E-state index in [0.717, 1.165) is 61.0 Å². The van der Waals surface area contributed by atoms with Gasteiger partial charge in [0, 0.05) is 22.4 Å². The zero-order valence-corrected chi connectivity index (χ0v) is 23.2. The van der Waals surface area contributed by atoms with Gasteiger partial charge in [0.2, 0.25) is 11.9 Å². The van der Waals surface area contributed by atoms with Gasteiger partial charge in [-0.1, -0.05) is 84.9 Å². The molecule has 0 spiro atoms. The molecule has 200 valence electrons. The first-order chi connectivity index (χ1) is 20.5. The van der Waals surface area contributed by atoms with Gasteiger partial charge in [-0.05, 0) is 64.6 Å². The Morgan fingerprint density at radius 3 is 1.95 bits per heavy atom. The highest BCUT2D eigenvalue weighted by Gasteiger charge is 2.23. The van der Waals surface area contributed by atoms with Crippen LogP contribution in [-0.4, -0.2) is 0 Å². The lowest BCUT2D eigenvalue weighted by Gasteiger charge is -2.09. The average Bonchev–Trinajstić information content (AvgIpc) is 3.40. The molecule has 5 aromatic carbocycles. The molecule has 2 heterocycles. The van der Waals surface area contributed by atoms with Gasteiger partial charge in [0.05, 0.1) is 17.2 Å². The van der Waals surface area contributed by atoms with Crippen LogP contribution in [0.3, 0.4) is 0 Å². The third-order valence-electron chi connectivity index (χ3n) is 7.97. The van der Waals surface area contributed by atoms with Crippen LogP contribution >= 0.6 is 0 Å². The van der Waals surface area contributed by atoms with E-state index in [1.54, 1.807) is 10.6 Å². The van der Waals surface area contributed by atoms with Crippen LogP contribution < -0.4 is 4.57 Å². The van der Waals surface area contributed by atoms with E-state index in [1.807, 2.05) is 44.3 Å². The molecule has 3 nitrogen and oxygen atoms in total. The number of rotatable bonds is 4. The van der Waals surface area contributed by atoms with Crippen LogP contribution in [0.15, 0.2) is 126 Å². The van der Waals surface area contributed by atoms with Gasteiger partial charge in [-0.2, -0.15) is 9.83 Å². The maximum absolute atomic E-state index is 13.9. The van der Waals surface area contributed by atoms with E-state index in [0.29, 0.717) is 11.1 Å². The number of hydrogen-bond donors (Lipinski definition) is 0. The van der Waals surface area contributed by atoms with Crippen LogP contribution in [0.25, 0.3) is 66.6 Å². The molecule has 0 atom stereocenters. The van der Waals surface area contributed by atoms with Crippen molar-refractivity contribution >= 4 is 21.9 Å². The fourth-order valence-electron chi connectivity index (χ4n) is 5.87. The Balaban J connectivity index is 1.37. The second-order valence-electron chi connectivity index (χ2n) is 10.6. The average molecular weight is 546 g/mol. The fourth-order valence-corrected chi connectivity index (χ4v) is 5.87. The van der Waals surface area contributed by atoms with Crippen LogP contribution in [0.4, 0.5) is 4.39 Å². The Morgan fingerprint density at radius 2 is 1.26 bits per heavy atom. The normalized spacial score (nSPS) is 11.2. The summed E-state index contributed by atoms with van der Waals surface area (Å²) < 4.78 is 22.4. The summed E-state index contributed by atoms with van der Waals surface area (Å²) >= 11 is 0. The van der Waals surface area contributed by atoms with Gasteiger partial charge in [0.15, 0.2) is 5.82 Å². The lowest BCUT2D eigenvalue weighted by Crippen LogP contribution is -2.31. The molecule has 0 fully saturated rings. The number of aryl methyl sites for hydroxylation is 2. The van der Waals surface area contributed by atoms with Gasteiger partial charge in [-0.3, -0.25) is 0 Å². The highest BCUT2D eigenvalue weighted by Crippen LogP contribution is 2.42. The third kappa shape index (κ3) is 4.24. The van der Waals surface area contributed by atoms with Gasteiger partial charge in [0.25, 0.3) is 0 Å². The quantitative estimate of drug-likeness (QED) is 0.207. The first-order valence-corrected chi connectivity index (χ1v) is 13.8. The number of nitriles is 1. The van der Waals surface area contributed by atoms with Gasteiger partial charge < -0.3 is 4.42 Å². The summed E-state index contributed by atoms with van der Waals surface area (Å²) in [5.41, 5.74) is 10.9. The summed E-state index contributed by atoms with van der Waals surface area (Å²) in [6, 6.07) is 40.7. The second-order valence-corrected chi connectivity index (χ2v) is 10.6. The number of pyridine rings is 1. The molecule has 0 radical (unpaired) electrons. The molecule has 0 saturated carbocycles. The van der Waals surface area contributed by atoms with Gasteiger partial charge in [0.1, 0.15) is 18.2 Å². The molecular formula is C38H26FN2O+. The molecule has 0 saturated heterocycles. The number of hydrogen-bond acceptors (Lipinski definition) is 2. The minimum absolute atomic E-state index is 0.299. The first kappa shape index (κ1) is 25.4. The first-order valence-electron chi connectivity index (χ1n) is 13.8. The topological polar surface area (TPSA) is 40.8 Å². The van der Waals surface area contributed by atoms with E-state index in [1.165, 1.54) is 17.8 Å². The van der Waals surface area contributed by atoms with Crippen LogP contribution in [0.5, 0.6) is 0 Å². The van der Waals surface area contributed by atoms with E-state index in [9.17, 15) is 9.65 Å². The summed E-state index contributed by atoms with van der Waals surface area (Å²) in [5, 5.41) is 12.0. The molecule has 42 heavy (non-hydrogen) atoms. The van der Waals surface area contributed by atoms with Crippen molar-refractivity contribution in [3.63, 3.8) is 0 Å². The Kier molecular flexibility index (Phi) is 6.14. The monoisotopic (exact) mass is 545 g/mol. The van der Waals surface area contributed by atoms with Crippen LogP contribution in [0.1, 0.15) is 11.1 Å². The van der Waals surface area contributed by atoms with Gasteiger partial charge in [-0.25, -0.2) is 4.39 Å². The number of furan rings is 1. The molecule has 0 aliphatic heterocycles. The standard InChI is InChI=1S/C38H26FN2O/c1-24-11-18-32-33-19-16-30(22-40)36(38(33)42-37(32)35(24)34-20-17-31(39)23-41(34)2)27-14-12-26(13-15-27)29-10-6-9-28(21-29)25-7-4-3-5-8-25/h3-21,23H,1-2H3/q+1. The van der Waals surface area contributed by atoms with Gasteiger partial charge in [-0.15, -0.1) is 0 Å². The van der Waals surface area contributed by atoms with Crippen molar-refractivity contribution in [3.8, 4) is 50.7 Å². The Morgan fingerprint density at radius 1 is 0.643 bits per heavy atom. The van der Waals surface area contributed by atoms with E-state index in [-0.39, 0.29) is 5.82 Å². The Labute approximate surface area is 243 Å². The molecule has 4 heteroatoms. The smallest absolute Gasteiger partial charge is 0.216 e. The van der Waals surface area contributed by atoms with Crippen molar-refractivity contribution in [1.29, 1.82) is 5.26 Å². The molecule has 2 aromatic heterocycles. The second kappa shape index (κ2) is 10.1. The number of benzene rings is 5. The lowest BCUT2D eigenvalue weighted by molar-refractivity contribution is -0.661. The van der Waals surface area contributed by atoms with E-state index in [4.69, 9.17) is 4.42 Å². The van der Waals surface area contributed by atoms with Crippen molar-refractivity contribution in [2.45, 2.75) is 6.92 Å². The zero-order chi connectivity index (χ0) is 28.8. The largest absolute Gasteiger partial charge is 0.454 e. The molecular weight excluding hydrogens is 519 g/mol. The van der Waals surface area contributed by atoms with Crippen LogP contribution in [-0.2, 0) is 7.05 Å². The summed E-state index contributed by atoms with van der Waals surface area (Å²) in [5.74, 6) is -0.299. The molecule has 0 bridgehead atoms. The van der Waals surface area contributed by atoms with Crippen LogP contribution in [0, 0.1) is 24.1 Å². The molecule has 0 aliphatic rings. The Hall–Kier alpha value is -5.53. The fraction of sp³-hybridized carbons (Fsp3) is 0.0526. The predicted octanol–water partition coefficient (Wildman–Crippen LogP) is 9.40. The van der Waals surface area contributed by atoms with Crippen LogP contribution in [0.2, 0.25) is 0 Å².